The topological polar surface area (TPSA) is 37.8 Å². The van der Waals surface area contributed by atoms with Crippen LogP contribution in [0.25, 0.3) is 21.2 Å². The van der Waals surface area contributed by atoms with E-state index in [2.05, 4.69) is 40.4 Å². The lowest BCUT2D eigenvalue weighted by Crippen LogP contribution is -1.97. The Bertz CT molecular complexity index is 685. The molecular formula is C15H15N3S. The van der Waals surface area contributed by atoms with Crippen molar-refractivity contribution in [2.75, 3.05) is 11.9 Å². The van der Waals surface area contributed by atoms with Crippen molar-refractivity contribution in [1.29, 1.82) is 0 Å². The van der Waals surface area contributed by atoms with E-state index in [4.69, 9.17) is 0 Å². The first-order valence-electron chi connectivity index (χ1n) is 6.41. The molecule has 19 heavy (non-hydrogen) atoms. The molecule has 3 nitrogen and oxygen atoms in total. The standard InChI is InChI=1S/C15H15N3S/c1-2-7-17-15-18-10-14(19-15)13-9-16-8-11-5-3-4-6-12(11)13/h3-6,8-10H,2,7H2,1H3,(H,17,18). The molecule has 0 aliphatic heterocycles. The van der Waals surface area contributed by atoms with Gasteiger partial charge in [0.05, 0.1) is 4.88 Å². The number of nitrogens with one attached hydrogen (secondary N) is 1. The molecule has 1 aromatic carbocycles. The zero-order chi connectivity index (χ0) is 13.1. The van der Waals surface area contributed by atoms with E-state index in [9.17, 15) is 0 Å². The zero-order valence-electron chi connectivity index (χ0n) is 10.8. The molecule has 2 aromatic heterocycles. The first-order valence-corrected chi connectivity index (χ1v) is 7.23. The monoisotopic (exact) mass is 269 g/mol. The van der Waals surface area contributed by atoms with Gasteiger partial charge >= 0.3 is 0 Å². The third-order valence-corrected chi connectivity index (χ3v) is 3.95. The summed E-state index contributed by atoms with van der Waals surface area (Å²) in [6.45, 7) is 3.11. The highest BCUT2D eigenvalue weighted by atomic mass is 32.1. The Morgan fingerprint density at radius 3 is 2.95 bits per heavy atom. The number of pyridine rings is 1. The van der Waals surface area contributed by atoms with E-state index < -0.39 is 0 Å². The summed E-state index contributed by atoms with van der Waals surface area (Å²) in [5, 5.41) is 6.68. The van der Waals surface area contributed by atoms with Crippen LogP contribution in [0, 0.1) is 0 Å². The molecule has 3 rings (SSSR count). The van der Waals surface area contributed by atoms with E-state index in [1.54, 1.807) is 11.3 Å². The van der Waals surface area contributed by atoms with E-state index in [-0.39, 0.29) is 0 Å². The molecule has 0 saturated carbocycles. The summed E-state index contributed by atoms with van der Waals surface area (Å²) in [6.07, 6.45) is 6.84. The third-order valence-electron chi connectivity index (χ3n) is 2.97. The number of hydrogen-bond acceptors (Lipinski definition) is 4. The van der Waals surface area contributed by atoms with Gasteiger partial charge in [-0.1, -0.05) is 42.5 Å². The molecule has 0 saturated heterocycles. The van der Waals surface area contributed by atoms with E-state index in [0.717, 1.165) is 33.9 Å². The lowest BCUT2D eigenvalue weighted by molar-refractivity contribution is 0.976. The molecule has 0 radical (unpaired) electrons. The van der Waals surface area contributed by atoms with Crippen molar-refractivity contribution in [3.05, 3.63) is 42.9 Å². The van der Waals surface area contributed by atoms with Crippen LogP contribution in [0.3, 0.4) is 0 Å². The maximum Gasteiger partial charge on any atom is 0.183 e. The smallest absolute Gasteiger partial charge is 0.183 e. The van der Waals surface area contributed by atoms with Gasteiger partial charge in [0.15, 0.2) is 5.13 Å². The summed E-state index contributed by atoms with van der Waals surface area (Å²) in [5.41, 5.74) is 1.15. The molecule has 2 heterocycles. The number of anilines is 1. The first-order chi connectivity index (χ1) is 9.38. The van der Waals surface area contributed by atoms with Crippen LogP contribution < -0.4 is 5.32 Å². The van der Waals surface area contributed by atoms with E-state index >= 15 is 0 Å². The fourth-order valence-electron chi connectivity index (χ4n) is 2.03. The molecule has 0 aliphatic carbocycles. The Balaban J connectivity index is 2.02. The van der Waals surface area contributed by atoms with Gasteiger partial charge in [-0.15, -0.1) is 0 Å². The van der Waals surface area contributed by atoms with Crippen molar-refractivity contribution in [3.8, 4) is 10.4 Å². The van der Waals surface area contributed by atoms with Crippen LogP contribution in [0.4, 0.5) is 5.13 Å². The fourth-order valence-corrected chi connectivity index (χ4v) is 2.89. The Morgan fingerprint density at radius 2 is 2.05 bits per heavy atom. The van der Waals surface area contributed by atoms with Crippen molar-refractivity contribution in [2.24, 2.45) is 0 Å². The number of fused-ring (bicyclic) bond motifs is 1. The third kappa shape index (κ3) is 2.44. The molecule has 0 bridgehead atoms. The number of thiazole rings is 1. The molecule has 0 unspecified atom stereocenters. The lowest BCUT2D eigenvalue weighted by atomic mass is 10.1. The Labute approximate surface area is 116 Å². The summed E-state index contributed by atoms with van der Waals surface area (Å²) >= 11 is 1.68. The molecule has 0 fully saturated rings. The highest BCUT2D eigenvalue weighted by Crippen LogP contribution is 2.33. The van der Waals surface area contributed by atoms with Crippen LogP contribution in [-0.2, 0) is 0 Å². The van der Waals surface area contributed by atoms with Gasteiger partial charge in [0.1, 0.15) is 0 Å². The van der Waals surface area contributed by atoms with Crippen molar-refractivity contribution in [1.82, 2.24) is 9.97 Å². The molecule has 4 heteroatoms. The number of rotatable bonds is 4. The number of nitrogens with zero attached hydrogens (tertiary/aromatic N) is 2. The second-order valence-corrected chi connectivity index (χ2v) is 5.40. The highest BCUT2D eigenvalue weighted by Gasteiger charge is 2.08. The van der Waals surface area contributed by atoms with Crippen molar-refractivity contribution >= 4 is 27.2 Å². The van der Waals surface area contributed by atoms with E-state index in [1.807, 2.05) is 24.7 Å². The van der Waals surface area contributed by atoms with Crippen LogP contribution in [0.2, 0.25) is 0 Å². The maximum absolute atomic E-state index is 4.42. The van der Waals surface area contributed by atoms with Gasteiger partial charge in [0, 0.05) is 36.1 Å². The van der Waals surface area contributed by atoms with E-state index in [0.29, 0.717) is 0 Å². The minimum atomic E-state index is 0.959. The molecule has 0 spiro atoms. The number of hydrogen-bond donors (Lipinski definition) is 1. The largest absolute Gasteiger partial charge is 0.362 e. The van der Waals surface area contributed by atoms with Crippen LogP contribution in [0.1, 0.15) is 13.3 Å². The summed E-state index contributed by atoms with van der Waals surface area (Å²) in [7, 11) is 0. The number of aromatic nitrogens is 2. The summed E-state index contributed by atoms with van der Waals surface area (Å²) in [6, 6.07) is 8.31. The van der Waals surface area contributed by atoms with Gasteiger partial charge in [0.2, 0.25) is 0 Å². The Kier molecular flexibility index (Phi) is 3.42. The van der Waals surface area contributed by atoms with E-state index in [1.165, 1.54) is 5.39 Å². The van der Waals surface area contributed by atoms with Gasteiger partial charge in [-0.2, -0.15) is 0 Å². The van der Waals surface area contributed by atoms with Crippen molar-refractivity contribution in [3.63, 3.8) is 0 Å². The maximum atomic E-state index is 4.42. The Hall–Kier alpha value is -1.94. The molecule has 0 aliphatic rings. The van der Waals surface area contributed by atoms with Gasteiger partial charge in [-0.3, -0.25) is 4.98 Å². The predicted octanol–water partition coefficient (Wildman–Crippen LogP) is 4.18. The molecule has 1 N–H and O–H groups in total. The predicted molar refractivity (Wildman–Crippen MR) is 81.6 cm³/mol. The number of benzene rings is 1. The zero-order valence-corrected chi connectivity index (χ0v) is 11.6. The summed E-state index contributed by atoms with van der Waals surface area (Å²) < 4.78 is 0. The normalized spacial score (nSPS) is 10.8. The quantitative estimate of drug-likeness (QED) is 0.772. The highest BCUT2D eigenvalue weighted by molar-refractivity contribution is 7.19. The molecule has 3 aromatic rings. The fraction of sp³-hybridized carbons (Fsp3) is 0.200. The van der Waals surface area contributed by atoms with Gasteiger partial charge in [-0.25, -0.2) is 4.98 Å². The Morgan fingerprint density at radius 1 is 1.16 bits per heavy atom. The average molecular weight is 269 g/mol. The van der Waals surface area contributed by atoms with Crippen LogP contribution in [0.15, 0.2) is 42.9 Å². The SMILES string of the molecule is CCCNc1ncc(-c2cncc3ccccc23)s1. The average Bonchev–Trinajstić information content (AvgIpc) is 2.93. The molecule has 96 valence electrons. The minimum absolute atomic E-state index is 0.959. The van der Waals surface area contributed by atoms with Crippen LogP contribution in [0.5, 0.6) is 0 Å². The summed E-state index contributed by atoms with van der Waals surface area (Å²) in [5.74, 6) is 0. The lowest BCUT2D eigenvalue weighted by Gasteiger charge is -2.02. The van der Waals surface area contributed by atoms with Gasteiger partial charge in [0.25, 0.3) is 0 Å². The van der Waals surface area contributed by atoms with Crippen molar-refractivity contribution < 1.29 is 0 Å². The van der Waals surface area contributed by atoms with Crippen LogP contribution in [-0.4, -0.2) is 16.5 Å². The molecule has 0 atom stereocenters. The first kappa shape index (κ1) is 12.1. The molecule has 0 amide bonds. The van der Waals surface area contributed by atoms with Crippen LogP contribution >= 0.6 is 11.3 Å². The molecular weight excluding hydrogens is 254 g/mol. The second kappa shape index (κ2) is 5.36. The van der Waals surface area contributed by atoms with Gasteiger partial charge < -0.3 is 5.32 Å². The van der Waals surface area contributed by atoms with Crippen molar-refractivity contribution in [2.45, 2.75) is 13.3 Å². The second-order valence-electron chi connectivity index (χ2n) is 4.36. The van der Waals surface area contributed by atoms with Gasteiger partial charge in [-0.05, 0) is 11.8 Å². The minimum Gasteiger partial charge on any atom is -0.362 e. The summed E-state index contributed by atoms with van der Waals surface area (Å²) in [4.78, 5) is 9.89.